The largest absolute Gasteiger partial charge is 0.329 e. The first kappa shape index (κ1) is 14.3. The molecular formula is C15H31N3. The molecule has 2 rings (SSSR count). The van der Waals surface area contributed by atoms with E-state index in [2.05, 4.69) is 37.9 Å². The molecule has 0 radical (unpaired) electrons. The summed E-state index contributed by atoms with van der Waals surface area (Å²) in [5.41, 5.74) is 6.84. The van der Waals surface area contributed by atoms with Crippen molar-refractivity contribution >= 4 is 0 Å². The van der Waals surface area contributed by atoms with Gasteiger partial charge in [-0.1, -0.05) is 13.3 Å². The lowest BCUT2D eigenvalue weighted by molar-refractivity contribution is -0.0172. The molecule has 106 valence electrons. The topological polar surface area (TPSA) is 32.5 Å². The van der Waals surface area contributed by atoms with Crippen LogP contribution in [0.5, 0.6) is 0 Å². The predicted octanol–water partition coefficient (Wildman–Crippen LogP) is 1.92. The lowest BCUT2D eigenvalue weighted by atomic mass is 9.74. The summed E-state index contributed by atoms with van der Waals surface area (Å²) in [4.78, 5) is 5.04. The number of nitrogens with two attached hydrogens (primary N) is 1. The third kappa shape index (κ3) is 2.10. The lowest BCUT2D eigenvalue weighted by Crippen LogP contribution is -2.63. The number of hydrogen-bond donors (Lipinski definition) is 1. The molecule has 0 heterocycles. The smallest absolute Gasteiger partial charge is 0.0354 e. The highest BCUT2D eigenvalue weighted by molar-refractivity contribution is 5.05. The van der Waals surface area contributed by atoms with Gasteiger partial charge in [-0.05, 0) is 59.2 Å². The molecule has 2 atom stereocenters. The molecule has 0 aromatic rings. The van der Waals surface area contributed by atoms with Gasteiger partial charge in [-0.25, -0.2) is 0 Å². The highest BCUT2D eigenvalue weighted by Gasteiger charge is 2.47. The molecule has 2 unspecified atom stereocenters. The van der Waals surface area contributed by atoms with Gasteiger partial charge in [0.25, 0.3) is 0 Å². The summed E-state index contributed by atoms with van der Waals surface area (Å²) < 4.78 is 0. The number of rotatable bonds is 5. The summed E-state index contributed by atoms with van der Waals surface area (Å²) in [5, 5.41) is 0. The fourth-order valence-corrected chi connectivity index (χ4v) is 4.19. The predicted molar refractivity (Wildman–Crippen MR) is 77.7 cm³/mol. The standard InChI is InChI=1S/C15H31N3/c1-13-7-5-10-15(13,11-16)18(4)12-14(17(2)3)8-6-9-14/h13H,5-12,16H2,1-4H3. The molecule has 18 heavy (non-hydrogen) atoms. The Kier molecular flexibility index (Phi) is 4.05. The Balaban J connectivity index is 2.08. The second-order valence-corrected chi connectivity index (χ2v) is 6.93. The van der Waals surface area contributed by atoms with Crippen LogP contribution in [0.15, 0.2) is 0 Å². The zero-order chi connectivity index (χ0) is 13.4. The van der Waals surface area contributed by atoms with Crippen LogP contribution in [-0.4, -0.2) is 55.1 Å². The molecule has 2 saturated carbocycles. The van der Waals surface area contributed by atoms with Crippen LogP contribution in [0.4, 0.5) is 0 Å². The summed E-state index contributed by atoms with van der Waals surface area (Å²) in [7, 11) is 6.78. The van der Waals surface area contributed by atoms with Gasteiger partial charge in [-0.15, -0.1) is 0 Å². The lowest BCUT2D eigenvalue weighted by Gasteiger charge is -2.53. The fraction of sp³-hybridized carbons (Fsp3) is 1.00. The average Bonchev–Trinajstić information content (AvgIpc) is 2.65. The Hall–Kier alpha value is -0.120. The van der Waals surface area contributed by atoms with E-state index in [0.717, 1.165) is 12.5 Å². The summed E-state index contributed by atoms with van der Waals surface area (Å²) in [5.74, 6) is 0.742. The molecule has 0 spiro atoms. The zero-order valence-corrected chi connectivity index (χ0v) is 12.7. The summed E-state index contributed by atoms with van der Waals surface area (Å²) in [6, 6.07) is 0. The molecule has 3 nitrogen and oxygen atoms in total. The maximum atomic E-state index is 6.16. The van der Waals surface area contributed by atoms with Gasteiger partial charge >= 0.3 is 0 Å². The summed E-state index contributed by atoms with van der Waals surface area (Å²) in [6.07, 6.45) is 8.05. The van der Waals surface area contributed by atoms with Gasteiger partial charge in [0.15, 0.2) is 0 Å². The quantitative estimate of drug-likeness (QED) is 0.812. The highest BCUT2D eigenvalue weighted by Crippen LogP contribution is 2.43. The molecule has 0 saturated heterocycles. The van der Waals surface area contributed by atoms with Crippen LogP contribution in [-0.2, 0) is 0 Å². The first-order valence-electron chi connectivity index (χ1n) is 7.56. The van der Waals surface area contributed by atoms with E-state index in [4.69, 9.17) is 5.73 Å². The molecule has 2 aliphatic carbocycles. The van der Waals surface area contributed by atoms with Crippen molar-refractivity contribution < 1.29 is 0 Å². The Bertz CT molecular complexity index is 285. The van der Waals surface area contributed by atoms with Crippen LogP contribution >= 0.6 is 0 Å². The van der Waals surface area contributed by atoms with Crippen LogP contribution in [0.1, 0.15) is 45.4 Å². The SMILES string of the molecule is CC1CCCC1(CN)N(C)CC1(N(C)C)CCC1. The Morgan fingerprint density at radius 2 is 1.78 bits per heavy atom. The molecule has 0 aromatic heterocycles. The Morgan fingerprint density at radius 1 is 1.11 bits per heavy atom. The molecule has 0 aromatic carbocycles. The van der Waals surface area contributed by atoms with Gasteiger partial charge in [0.1, 0.15) is 0 Å². The van der Waals surface area contributed by atoms with E-state index in [1.54, 1.807) is 0 Å². The van der Waals surface area contributed by atoms with Crippen LogP contribution in [0.3, 0.4) is 0 Å². The minimum absolute atomic E-state index is 0.262. The molecule has 2 aliphatic rings. The van der Waals surface area contributed by atoms with E-state index < -0.39 is 0 Å². The normalized spacial score (nSPS) is 35.2. The minimum atomic E-state index is 0.262. The van der Waals surface area contributed by atoms with Gasteiger partial charge in [0, 0.05) is 24.2 Å². The van der Waals surface area contributed by atoms with Crippen molar-refractivity contribution in [3.63, 3.8) is 0 Å². The van der Waals surface area contributed by atoms with Gasteiger partial charge in [0.05, 0.1) is 0 Å². The van der Waals surface area contributed by atoms with Crippen molar-refractivity contribution in [2.45, 2.75) is 56.5 Å². The summed E-state index contributed by atoms with van der Waals surface area (Å²) >= 11 is 0. The molecule has 2 N–H and O–H groups in total. The van der Waals surface area contributed by atoms with Crippen LogP contribution in [0.25, 0.3) is 0 Å². The minimum Gasteiger partial charge on any atom is -0.329 e. The molecule has 2 fully saturated rings. The Morgan fingerprint density at radius 3 is 2.11 bits per heavy atom. The average molecular weight is 253 g/mol. The molecule has 0 amide bonds. The van der Waals surface area contributed by atoms with Gasteiger partial charge < -0.3 is 10.6 Å². The monoisotopic (exact) mass is 253 g/mol. The Labute approximate surface area is 113 Å². The van der Waals surface area contributed by atoms with Crippen molar-refractivity contribution in [3.05, 3.63) is 0 Å². The van der Waals surface area contributed by atoms with Crippen LogP contribution < -0.4 is 5.73 Å². The van der Waals surface area contributed by atoms with Crippen molar-refractivity contribution in [1.29, 1.82) is 0 Å². The van der Waals surface area contributed by atoms with Gasteiger partial charge in [0.2, 0.25) is 0 Å². The van der Waals surface area contributed by atoms with Crippen molar-refractivity contribution in [2.75, 3.05) is 34.2 Å². The first-order valence-corrected chi connectivity index (χ1v) is 7.56. The van der Waals surface area contributed by atoms with E-state index in [1.807, 2.05) is 0 Å². The molecular weight excluding hydrogens is 222 g/mol. The maximum absolute atomic E-state index is 6.16. The van der Waals surface area contributed by atoms with E-state index in [-0.39, 0.29) is 5.54 Å². The van der Waals surface area contributed by atoms with Crippen molar-refractivity contribution in [1.82, 2.24) is 9.80 Å². The zero-order valence-electron chi connectivity index (χ0n) is 12.7. The van der Waals surface area contributed by atoms with Gasteiger partial charge in [-0.2, -0.15) is 0 Å². The van der Waals surface area contributed by atoms with E-state index in [1.165, 1.54) is 45.1 Å². The summed E-state index contributed by atoms with van der Waals surface area (Å²) in [6.45, 7) is 4.38. The first-order chi connectivity index (χ1) is 8.47. The number of likely N-dealkylation sites (N-methyl/N-ethyl adjacent to an activating group) is 2. The number of hydrogen-bond acceptors (Lipinski definition) is 3. The van der Waals surface area contributed by atoms with Gasteiger partial charge in [-0.3, -0.25) is 4.90 Å². The molecule has 0 bridgehead atoms. The molecule has 3 heteroatoms. The molecule has 0 aliphatic heterocycles. The van der Waals surface area contributed by atoms with Crippen LogP contribution in [0, 0.1) is 5.92 Å². The van der Waals surface area contributed by atoms with E-state index >= 15 is 0 Å². The van der Waals surface area contributed by atoms with Crippen molar-refractivity contribution in [2.24, 2.45) is 11.7 Å². The second kappa shape index (κ2) is 5.10. The van der Waals surface area contributed by atoms with Crippen LogP contribution in [0.2, 0.25) is 0 Å². The third-order valence-corrected chi connectivity index (χ3v) is 6.04. The van der Waals surface area contributed by atoms with E-state index in [9.17, 15) is 0 Å². The maximum Gasteiger partial charge on any atom is 0.0354 e. The fourth-order valence-electron chi connectivity index (χ4n) is 4.19. The third-order valence-electron chi connectivity index (χ3n) is 6.04. The number of nitrogens with zero attached hydrogens (tertiary/aromatic N) is 2. The van der Waals surface area contributed by atoms with E-state index in [0.29, 0.717) is 5.54 Å². The van der Waals surface area contributed by atoms with Crippen molar-refractivity contribution in [3.8, 4) is 0 Å². The second-order valence-electron chi connectivity index (χ2n) is 6.93. The highest BCUT2D eigenvalue weighted by atomic mass is 15.3.